The van der Waals surface area contributed by atoms with E-state index in [1.807, 2.05) is 19.1 Å². The molecule has 0 fully saturated rings. The third-order valence-electron chi connectivity index (χ3n) is 2.29. The SMILES string of the molecule is CCNC(=S)NCc1cc(C)c(F)c(C)c1. The van der Waals surface area contributed by atoms with Gasteiger partial charge in [-0.25, -0.2) is 4.39 Å². The second-order valence-corrected chi connectivity index (χ2v) is 4.16. The van der Waals surface area contributed by atoms with E-state index < -0.39 is 0 Å². The lowest BCUT2D eigenvalue weighted by atomic mass is 10.1. The summed E-state index contributed by atoms with van der Waals surface area (Å²) in [7, 11) is 0. The molecule has 0 aliphatic heterocycles. The Balaban J connectivity index is 2.65. The van der Waals surface area contributed by atoms with E-state index in [1.165, 1.54) is 0 Å². The smallest absolute Gasteiger partial charge is 0.166 e. The van der Waals surface area contributed by atoms with Gasteiger partial charge in [0, 0.05) is 13.1 Å². The summed E-state index contributed by atoms with van der Waals surface area (Å²) >= 11 is 5.05. The predicted molar refractivity (Wildman–Crippen MR) is 69.0 cm³/mol. The maximum atomic E-state index is 13.4. The molecule has 2 N–H and O–H groups in total. The molecule has 0 amide bonds. The maximum Gasteiger partial charge on any atom is 0.166 e. The maximum absolute atomic E-state index is 13.4. The quantitative estimate of drug-likeness (QED) is 0.794. The van der Waals surface area contributed by atoms with Gasteiger partial charge in [0.25, 0.3) is 0 Å². The summed E-state index contributed by atoms with van der Waals surface area (Å²) in [6.45, 7) is 6.95. The van der Waals surface area contributed by atoms with Gasteiger partial charge in [-0.15, -0.1) is 0 Å². The van der Waals surface area contributed by atoms with Crippen LogP contribution >= 0.6 is 12.2 Å². The summed E-state index contributed by atoms with van der Waals surface area (Å²) in [6, 6.07) is 3.67. The first kappa shape index (κ1) is 12.9. The molecule has 0 radical (unpaired) electrons. The number of hydrogen-bond acceptors (Lipinski definition) is 1. The Kier molecular flexibility index (Phi) is 4.68. The highest BCUT2D eigenvalue weighted by molar-refractivity contribution is 7.80. The van der Waals surface area contributed by atoms with Crippen LogP contribution in [0.25, 0.3) is 0 Å². The van der Waals surface area contributed by atoms with Crippen molar-refractivity contribution in [3.8, 4) is 0 Å². The third-order valence-corrected chi connectivity index (χ3v) is 2.58. The molecule has 0 saturated carbocycles. The molecule has 0 unspecified atom stereocenters. The number of rotatable bonds is 3. The highest BCUT2D eigenvalue weighted by Crippen LogP contribution is 2.14. The summed E-state index contributed by atoms with van der Waals surface area (Å²) in [5, 5.41) is 6.70. The first-order chi connectivity index (χ1) is 7.54. The topological polar surface area (TPSA) is 24.1 Å². The minimum Gasteiger partial charge on any atom is -0.363 e. The largest absolute Gasteiger partial charge is 0.363 e. The van der Waals surface area contributed by atoms with Crippen molar-refractivity contribution in [3.05, 3.63) is 34.6 Å². The summed E-state index contributed by atoms with van der Waals surface area (Å²) in [4.78, 5) is 0. The molecular weight excluding hydrogens is 223 g/mol. The van der Waals surface area contributed by atoms with E-state index in [2.05, 4.69) is 10.6 Å². The van der Waals surface area contributed by atoms with Crippen molar-refractivity contribution in [2.45, 2.75) is 27.3 Å². The van der Waals surface area contributed by atoms with Crippen LogP contribution in [-0.2, 0) is 6.54 Å². The van der Waals surface area contributed by atoms with E-state index in [9.17, 15) is 4.39 Å². The molecule has 1 rings (SSSR count). The molecule has 0 aliphatic carbocycles. The van der Waals surface area contributed by atoms with Gasteiger partial charge in [-0.2, -0.15) is 0 Å². The van der Waals surface area contributed by atoms with Crippen LogP contribution in [0.4, 0.5) is 4.39 Å². The van der Waals surface area contributed by atoms with Crippen molar-refractivity contribution in [2.24, 2.45) is 0 Å². The van der Waals surface area contributed by atoms with Crippen molar-refractivity contribution >= 4 is 17.3 Å². The first-order valence-corrected chi connectivity index (χ1v) is 5.72. The standard InChI is InChI=1S/C12H17FN2S/c1-4-14-12(16)15-7-10-5-8(2)11(13)9(3)6-10/h5-6H,4,7H2,1-3H3,(H2,14,15,16). The normalized spacial score (nSPS) is 10.0. The van der Waals surface area contributed by atoms with E-state index in [1.54, 1.807) is 13.8 Å². The van der Waals surface area contributed by atoms with Crippen LogP contribution in [0.1, 0.15) is 23.6 Å². The van der Waals surface area contributed by atoms with Crippen molar-refractivity contribution in [1.29, 1.82) is 0 Å². The van der Waals surface area contributed by atoms with Crippen LogP contribution < -0.4 is 10.6 Å². The lowest BCUT2D eigenvalue weighted by Gasteiger charge is -2.10. The second-order valence-electron chi connectivity index (χ2n) is 3.76. The van der Waals surface area contributed by atoms with Gasteiger partial charge in [0.1, 0.15) is 5.82 Å². The zero-order valence-electron chi connectivity index (χ0n) is 9.86. The van der Waals surface area contributed by atoms with Gasteiger partial charge in [0.15, 0.2) is 5.11 Å². The van der Waals surface area contributed by atoms with Crippen molar-refractivity contribution in [3.63, 3.8) is 0 Å². The molecule has 1 aromatic carbocycles. The van der Waals surface area contributed by atoms with Gasteiger partial charge in [0.2, 0.25) is 0 Å². The molecule has 1 aromatic rings. The Labute approximate surface area is 101 Å². The summed E-state index contributed by atoms with van der Waals surface area (Å²) in [6.07, 6.45) is 0. The third kappa shape index (κ3) is 3.45. The van der Waals surface area contributed by atoms with Crippen molar-refractivity contribution in [1.82, 2.24) is 10.6 Å². The van der Waals surface area contributed by atoms with Gasteiger partial charge in [-0.1, -0.05) is 12.1 Å². The minimum atomic E-state index is -0.127. The molecule has 2 nitrogen and oxygen atoms in total. The highest BCUT2D eigenvalue weighted by Gasteiger charge is 2.04. The number of nitrogens with one attached hydrogen (secondary N) is 2. The van der Waals surface area contributed by atoms with Crippen molar-refractivity contribution in [2.75, 3.05) is 6.54 Å². The molecule has 0 heterocycles. The summed E-state index contributed by atoms with van der Waals surface area (Å²) in [5.74, 6) is -0.127. The molecule has 0 aliphatic rings. The number of halogens is 1. The Morgan fingerprint density at radius 3 is 2.31 bits per heavy atom. The monoisotopic (exact) mass is 240 g/mol. The van der Waals surface area contributed by atoms with Crippen LogP contribution in [0.15, 0.2) is 12.1 Å². The van der Waals surface area contributed by atoms with Gasteiger partial charge >= 0.3 is 0 Å². The zero-order chi connectivity index (χ0) is 12.1. The Morgan fingerprint density at radius 2 is 1.81 bits per heavy atom. The Bertz CT molecular complexity index is 368. The predicted octanol–water partition coefficient (Wildman–Crippen LogP) is 2.43. The highest BCUT2D eigenvalue weighted by atomic mass is 32.1. The molecule has 88 valence electrons. The Morgan fingerprint density at radius 1 is 1.25 bits per heavy atom. The fraction of sp³-hybridized carbons (Fsp3) is 0.417. The lowest BCUT2D eigenvalue weighted by Crippen LogP contribution is -2.34. The molecule has 0 spiro atoms. The van der Waals surface area contributed by atoms with E-state index in [0.29, 0.717) is 22.8 Å². The van der Waals surface area contributed by atoms with E-state index >= 15 is 0 Å². The summed E-state index contributed by atoms with van der Waals surface area (Å²) < 4.78 is 13.4. The zero-order valence-corrected chi connectivity index (χ0v) is 10.7. The number of thiocarbonyl (C=S) groups is 1. The van der Waals surface area contributed by atoms with Gasteiger partial charge in [0.05, 0.1) is 0 Å². The molecule has 16 heavy (non-hydrogen) atoms. The lowest BCUT2D eigenvalue weighted by molar-refractivity contribution is 0.608. The summed E-state index contributed by atoms with van der Waals surface area (Å²) in [5.41, 5.74) is 2.38. The van der Waals surface area contributed by atoms with Crippen LogP contribution in [-0.4, -0.2) is 11.7 Å². The fourth-order valence-electron chi connectivity index (χ4n) is 1.54. The molecule has 4 heteroatoms. The van der Waals surface area contributed by atoms with Crippen LogP contribution in [0.3, 0.4) is 0 Å². The van der Waals surface area contributed by atoms with Crippen LogP contribution in [0.2, 0.25) is 0 Å². The van der Waals surface area contributed by atoms with Crippen molar-refractivity contribution < 1.29 is 4.39 Å². The van der Waals surface area contributed by atoms with Gasteiger partial charge in [-0.3, -0.25) is 0 Å². The number of aryl methyl sites for hydroxylation is 2. The molecule has 0 atom stereocenters. The second kappa shape index (κ2) is 5.80. The van der Waals surface area contributed by atoms with Gasteiger partial charge in [-0.05, 0) is 49.7 Å². The first-order valence-electron chi connectivity index (χ1n) is 5.32. The van der Waals surface area contributed by atoms with Crippen LogP contribution in [0, 0.1) is 19.7 Å². The average molecular weight is 240 g/mol. The van der Waals surface area contributed by atoms with E-state index in [-0.39, 0.29) is 5.82 Å². The number of hydrogen-bond donors (Lipinski definition) is 2. The molecule has 0 saturated heterocycles. The average Bonchev–Trinajstić information content (AvgIpc) is 2.23. The molecule has 0 aromatic heterocycles. The van der Waals surface area contributed by atoms with E-state index in [4.69, 9.17) is 12.2 Å². The molecule has 0 bridgehead atoms. The minimum absolute atomic E-state index is 0.127. The van der Waals surface area contributed by atoms with Gasteiger partial charge < -0.3 is 10.6 Å². The molecular formula is C12H17FN2S. The fourth-order valence-corrected chi connectivity index (χ4v) is 1.76. The number of benzene rings is 1. The van der Waals surface area contributed by atoms with Crippen LogP contribution in [0.5, 0.6) is 0 Å². The Hall–Kier alpha value is -1.16. The van der Waals surface area contributed by atoms with E-state index in [0.717, 1.165) is 12.1 Å².